The molecule has 0 saturated carbocycles. The summed E-state index contributed by atoms with van der Waals surface area (Å²) in [5.74, 6) is 4.02. The highest BCUT2D eigenvalue weighted by Gasteiger charge is 2.15. The summed E-state index contributed by atoms with van der Waals surface area (Å²) in [6.07, 6.45) is 5.28. The summed E-state index contributed by atoms with van der Waals surface area (Å²) in [6.45, 7) is 7.37. The number of rotatable bonds is 9. The monoisotopic (exact) mass is 296 g/mol. The molecule has 0 aliphatic heterocycles. The van der Waals surface area contributed by atoms with Crippen LogP contribution in [0.4, 0.5) is 11.6 Å². The highest BCUT2D eigenvalue weighted by atomic mass is 32.2. The number of hydrogen-bond donors (Lipinski definition) is 1. The molecule has 114 valence electrons. The average Bonchev–Trinajstić information content (AvgIpc) is 2.44. The van der Waals surface area contributed by atoms with E-state index in [2.05, 4.69) is 55.3 Å². The van der Waals surface area contributed by atoms with Gasteiger partial charge in [-0.3, -0.25) is 0 Å². The van der Waals surface area contributed by atoms with Crippen LogP contribution < -0.4 is 10.2 Å². The van der Waals surface area contributed by atoms with Gasteiger partial charge in [-0.2, -0.15) is 11.8 Å². The van der Waals surface area contributed by atoms with Crippen LogP contribution in [-0.2, 0) is 6.42 Å². The third kappa shape index (κ3) is 4.85. The van der Waals surface area contributed by atoms with E-state index in [1.165, 1.54) is 0 Å². The van der Waals surface area contributed by atoms with E-state index in [1.54, 1.807) is 0 Å². The Morgan fingerprint density at radius 3 is 2.60 bits per heavy atom. The summed E-state index contributed by atoms with van der Waals surface area (Å²) in [6, 6.07) is 2.58. The minimum absolute atomic E-state index is 0.517. The molecule has 1 aromatic rings. The highest BCUT2D eigenvalue weighted by molar-refractivity contribution is 7.98. The van der Waals surface area contributed by atoms with Crippen LogP contribution in [0.25, 0.3) is 0 Å². The zero-order valence-corrected chi connectivity index (χ0v) is 14.3. The SMILES string of the molecule is CCCc1nc(NCC)cc(N(C)C(CC)CSC)n1. The van der Waals surface area contributed by atoms with E-state index in [1.807, 2.05) is 11.8 Å². The molecule has 0 saturated heterocycles. The summed E-state index contributed by atoms with van der Waals surface area (Å²) < 4.78 is 0. The molecule has 4 nitrogen and oxygen atoms in total. The molecule has 0 bridgehead atoms. The van der Waals surface area contributed by atoms with Gasteiger partial charge in [-0.15, -0.1) is 0 Å². The van der Waals surface area contributed by atoms with Gasteiger partial charge < -0.3 is 10.2 Å². The van der Waals surface area contributed by atoms with E-state index in [-0.39, 0.29) is 0 Å². The minimum Gasteiger partial charge on any atom is -0.370 e. The molecule has 0 aliphatic rings. The number of aryl methyl sites for hydroxylation is 1. The van der Waals surface area contributed by atoms with Crippen molar-refractivity contribution < 1.29 is 0 Å². The summed E-state index contributed by atoms with van der Waals surface area (Å²) in [5.41, 5.74) is 0. The van der Waals surface area contributed by atoms with Gasteiger partial charge in [0.1, 0.15) is 17.5 Å². The van der Waals surface area contributed by atoms with Crippen molar-refractivity contribution >= 4 is 23.4 Å². The fourth-order valence-corrected chi connectivity index (χ4v) is 3.00. The maximum atomic E-state index is 4.72. The molecule has 5 heteroatoms. The lowest BCUT2D eigenvalue weighted by Crippen LogP contribution is -2.34. The van der Waals surface area contributed by atoms with Crippen LogP contribution in [0.15, 0.2) is 6.07 Å². The Morgan fingerprint density at radius 2 is 2.05 bits per heavy atom. The molecule has 1 aromatic heterocycles. The Balaban J connectivity index is 3.01. The van der Waals surface area contributed by atoms with Crippen LogP contribution in [0.5, 0.6) is 0 Å². The van der Waals surface area contributed by atoms with Gasteiger partial charge >= 0.3 is 0 Å². The lowest BCUT2D eigenvalue weighted by atomic mass is 10.2. The quantitative estimate of drug-likeness (QED) is 0.756. The minimum atomic E-state index is 0.517. The van der Waals surface area contributed by atoms with Gasteiger partial charge in [0.2, 0.25) is 0 Å². The second kappa shape index (κ2) is 9.06. The van der Waals surface area contributed by atoms with Gasteiger partial charge in [0, 0.05) is 37.9 Å². The molecular formula is C15H28N4S. The first-order chi connectivity index (χ1) is 9.65. The first-order valence-corrected chi connectivity index (χ1v) is 8.89. The molecule has 1 N–H and O–H groups in total. The third-order valence-corrected chi connectivity index (χ3v) is 4.05. The Bertz CT molecular complexity index is 373. The van der Waals surface area contributed by atoms with Crippen molar-refractivity contribution in [2.24, 2.45) is 0 Å². The van der Waals surface area contributed by atoms with Crippen molar-refractivity contribution in [3.8, 4) is 0 Å². The van der Waals surface area contributed by atoms with Crippen molar-refractivity contribution in [2.45, 2.75) is 46.1 Å². The highest BCUT2D eigenvalue weighted by Crippen LogP contribution is 2.20. The van der Waals surface area contributed by atoms with Crippen LogP contribution in [0.1, 0.15) is 39.4 Å². The van der Waals surface area contributed by atoms with E-state index >= 15 is 0 Å². The standard InChI is InChI=1S/C15H28N4S/c1-6-9-13-17-14(16-8-3)10-15(18-13)19(4)12(7-2)11-20-5/h10,12H,6-9,11H2,1-5H3,(H,16,17,18). The maximum absolute atomic E-state index is 4.72. The zero-order chi connectivity index (χ0) is 15.0. The Morgan fingerprint density at radius 1 is 1.30 bits per heavy atom. The van der Waals surface area contributed by atoms with Gasteiger partial charge in [0.05, 0.1) is 0 Å². The van der Waals surface area contributed by atoms with Crippen molar-refractivity contribution in [2.75, 3.05) is 35.8 Å². The van der Waals surface area contributed by atoms with E-state index in [9.17, 15) is 0 Å². The number of anilines is 2. The smallest absolute Gasteiger partial charge is 0.134 e. The first kappa shape index (κ1) is 17.1. The average molecular weight is 296 g/mol. The van der Waals surface area contributed by atoms with Gasteiger partial charge in [-0.25, -0.2) is 9.97 Å². The van der Waals surface area contributed by atoms with E-state index < -0.39 is 0 Å². The zero-order valence-electron chi connectivity index (χ0n) is 13.4. The number of nitrogens with one attached hydrogen (secondary N) is 1. The van der Waals surface area contributed by atoms with Crippen molar-refractivity contribution in [1.82, 2.24) is 9.97 Å². The second-order valence-corrected chi connectivity index (χ2v) is 5.85. The van der Waals surface area contributed by atoms with Gasteiger partial charge in [0.15, 0.2) is 0 Å². The lowest BCUT2D eigenvalue weighted by molar-refractivity contribution is 0.661. The van der Waals surface area contributed by atoms with Crippen LogP contribution in [0, 0.1) is 0 Å². The molecule has 0 radical (unpaired) electrons. The summed E-state index contributed by atoms with van der Waals surface area (Å²) in [4.78, 5) is 11.6. The Hall–Kier alpha value is -0.970. The molecule has 0 fully saturated rings. The Labute approximate surface area is 127 Å². The largest absolute Gasteiger partial charge is 0.370 e. The van der Waals surface area contributed by atoms with Crippen LogP contribution >= 0.6 is 11.8 Å². The van der Waals surface area contributed by atoms with Crippen LogP contribution in [0.3, 0.4) is 0 Å². The molecule has 20 heavy (non-hydrogen) atoms. The normalized spacial score (nSPS) is 12.2. The van der Waals surface area contributed by atoms with E-state index in [0.717, 1.165) is 49.0 Å². The maximum Gasteiger partial charge on any atom is 0.134 e. The predicted octanol–water partition coefficient (Wildman–Crippen LogP) is 3.44. The molecule has 0 amide bonds. The summed E-state index contributed by atoms with van der Waals surface area (Å²) >= 11 is 1.89. The topological polar surface area (TPSA) is 41.1 Å². The van der Waals surface area contributed by atoms with Gasteiger partial charge in [0.25, 0.3) is 0 Å². The third-order valence-electron chi connectivity index (χ3n) is 3.33. The fraction of sp³-hybridized carbons (Fsp3) is 0.733. The molecule has 0 spiro atoms. The van der Waals surface area contributed by atoms with Crippen LogP contribution in [-0.4, -0.2) is 41.6 Å². The lowest BCUT2D eigenvalue weighted by Gasteiger charge is -2.28. The molecule has 1 unspecified atom stereocenters. The molecule has 1 rings (SSSR count). The number of nitrogens with zero attached hydrogens (tertiary/aromatic N) is 3. The molecular weight excluding hydrogens is 268 g/mol. The number of hydrogen-bond acceptors (Lipinski definition) is 5. The molecule has 1 atom stereocenters. The predicted molar refractivity (Wildman–Crippen MR) is 91.1 cm³/mol. The second-order valence-electron chi connectivity index (χ2n) is 4.94. The van der Waals surface area contributed by atoms with Crippen molar-refractivity contribution in [1.29, 1.82) is 0 Å². The first-order valence-electron chi connectivity index (χ1n) is 7.49. The van der Waals surface area contributed by atoms with Crippen molar-refractivity contribution in [3.05, 3.63) is 11.9 Å². The number of aromatic nitrogens is 2. The van der Waals surface area contributed by atoms with Gasteiger partial charge in [-0.1, -0.05) is 13.8 Å². The molecule has 0 aromatic carbocycles. The van der Waals surface area contributed by atoms with Gasteiger partial charge in [-0.05, 0) is 26.0 Å². The van der Waals surface area contributed by atoms with E-state index in [0.29, 0.717) is 6.04 Å². The molecule has 0 aliphatic carbocycles. The van der Waals surface area contributed by atoms with E-state index in [4.69, 9.17) is 4.98 Å². The molecule has 1 heterocycles. The fourth-order valence-electron chi connectivity index (χ4n) is 2.15. The summed E-state index contributed by atoms with van der Waals surface area (Å²) in [5, 5.41) is 3.31. The summed E-state index contributed by atoms with van der Waals surface area (Å²) in [7, 11) is 2.14. The van der Waals surface area contributed by atoms with Crippen molar-refractivity contribution in [3.63, 3.8) is 0 Å². The van der Waals surface area contributed by atoms with Crippen LogP contribution in [0.2, 0.25) is 0 Å². The Kier molecular flexibility index (Phi) is 7.73. The number of thioether (sulfide) groups is 1.